The van der Waals surface area contributed by atoms with Gasteiger partial charge in [-0.1, -0.05) is 43.3 Å². The summed E-state index contributed by atoms with van der Waals surface area (Å²) in [5.74, 6) is -0.405. The highest BCUT2D eigenvalue weighted by Gasteiger charge is 2.21. The summed E-state index contributed by atoms with van der Waals surface area (Å²) < 4.78 is 18.4. The summed E-state index contributed by atoms with van der Waals surface area (Å²) in [6.07, 6.45) is 0. The van der Waals surface area contributed by atoms with E-state index in [1.807, 2.05) is 30.3 Å². The number of amides is 1. The topological polar surface area (TPSA) is 64.3 Å². The second-order valence-electron chi connectivity index (χ2n) is 5.32. The first-order valence-corrected chi connectivity index (χ1v) is 7.54. The summed E-state index contributed by atoms with van der Waals surface area (Å²) in [4.78, 5) is 12.1. The van der Waals surface area contributed by atoms with Crippen molar-refractivity contribution in [2.75, 3.05) is 13.2 Å². The first-order valence-electron chi connectivity index (χ1n) is 7.54. The Hall–Kier alpha value is -2.11. The molecule has 4 nitrogen and oxygen atoms in total. The lowest BCUT2D eigenvalue weighted by Gasteiger charge is -2.19. The normalized spacial score (nSPS) is 12.6. The Kier molecular flexibility index (Phi) is 8.22. The van der Waals surface area contributed by atoms with E-state index in [2.05, 4.69) is 5.32 Å². The lowest BCUT2D eigenvalue weighted by atomic mass is 9.95. The van der Waals surface area contributed by atoms with Gasteiger partial charge in [0.05, 0.1) is 12.5 Å². The molecule has 0 bridgehead atoms. The maximum atomic E-state index is 13.0. The molecule has 0 radical (unpaired) electrons. The minimum atomic E-state index is -0.361. The third-order valence-corrected chi connectivity index (χ3v) is 3.60. The zero-order valence-electron chi connectivity index (χ0n) is 13.4. The molecule has 3 N–H and O–H groups in total. The van der Waals surface area contributed by atoms with Crippen LogP contribution >= 0.6 is 12.4 Å². The van der Waals surface area contributed by atoms with E-state index < -0.39 is 0 Å². The molecule has 24 heavy (non-hydrogen) atoms. The summed E-state index contributed by atoms with van der Waals surface area (Å²) in [5, 5.41) is 2.78. The van der Waals surface area contributed by atoms with Crippen LogP contribution in [0.15, 0.2) is 54.6 Å². The van der Waals surface area contributed by atoms with Crippen molar-refractivity contribution in [1.82, 2.24) is 5.32 Å². The van der Waals surface area contributed by atoms with Gasteiger partial charge in [-0.15, -0.1) is 12.4 Å². The average Bonchev–Trinajstić information content (AvgIpc) is 2.58. The number of halogens is 2. The molecular weight excluding hydrogens is 331 g/mol. The second-order valence-corrected chi connectivity index (χ2v) is 5.32. The monoisotopic (exact) mass is 352 g/mol. The number of benzene rings is 2. The number of hydrogen-bond donors (Lipinski definition) is 2. The van der Waals surface area contributed by atoms with Crippen LogP contribution in [0.25, 0.3) is 0 Å². The van der Waals surface area contributed by atoms with Crippen LogP contribution in [0.5, 0.6) is 5.75 Å². The molecule has 0 fully saturated rings. The first-order chi connectivity index (χ1) is 11.1. The Morgan fingerprint density at radius 2 is 1.92 bits per heavy atom. The van der Waals surface area contributed by atoms with Crippen LogP contribution in [0.2, 0.25) is 0 Å². The molecular formula is C18H22ClFN2O2. The van der Waals surface area contributed by atoms with E-state index in [1.165, 1.54) is 12.1 Å². The quantitative estimate of drug-likeness (QED) is 0.753. The fourth-order valence-electron chi connectivity index (χ4n) is 2.19. The molecule has 130 valence electrons. The molecule has 0 aliphatic carbocycles. The maximum absolute atomic E-state index is 13.0. The van der Waals surface area contributed by atoms with Crippen molar-refractivity contribution in [3.63, 3.8) is 0 Å². The van der Waals surface area contributed by atoms with Crippen molar-refractivity contribution >= 4 is 18.3 Å². The van der Waals surface area contributed by atoms with Crippen molar-refractivity contribution in [3.8, 4) is 5.75 Å². The number of nitrogens with one attached hydrogen (secondary N) is 1. The molecule has 6 heteroatoms. The number of ether oxygens (including phenoxy) is 1. The van der Waals surface area contributed by atoms with E-state index in [-0.39, 0.29) is 42.7 Å². The van der Waals surface area contributed by atoms with Gasteiger partial charge >= 0.3 is 0 Å². The minimum Gasteiger partial charge on any atom is -0.492 e. The molecule has 2 atom stereocenters. The zero-order valence-corrected chi connectivity index (χ0v) is 14.3. The van der Waals surface area contributed by atoms with Gasteiger partial charge in [0, 0.05) is 12.1 Å². The molecule has 2 aromatic rings. The van der Waals surface area contributed by atoms with Gasteiger partial charge in [-0.3, -0.25) is 4.79 Å². The van der Waals surface area contributed by atoms with Crippen LogP contribution in [-0.2, 0) is 4.79 Å². The second kappa shape index (κ2) is 9.90. The third-order valence-electron chi connectivity index (χ3n) is 3.60. The van der Waals surface area contributed by atoms with Gasteiger partial charge < -0.3 is 15.8 Å². The molecule has 0 heterocycles. The molecule has 0 aliphatic rings. The molecule has 0 saturated carbocycles. The standard InChI is InChI=1S/C18H21FN2O2.ClH/c1-13(17(20)14-6-3-2-4-7-14)18(22)21-10-11-23-16-9-5-8-15(19)12-16;/h2-9,12-13,17H,10-11,20H2,1H3,(H,21,22);1H. The smallest absolute Gasteiger partial charge is 0.224 e. The van der Waals surface area contributed by atoms with E-state index in [4.69, 9.17) is 10.5 Å². The van der Waals surface area contributed by atoms with Crippen LogP contribution in [0, 0.1) is 11.7 Å². The number of carbonyl (C=O) groups excluding carboxylic acids is 1. The Morgan fingerprint density at radius 3 is 2.58 bits per heavy atom. The van der Waals surface area contributed by atoms with Crippen LogP contribution in [-0.4, -0.2) is 19.1 Å². The van der Waals surface area contributed by atoms with Gasteiger partial charge in [-0.2, -0.15) is 0 Å². The van der Waals surface area contributed by atoms with E-state index in [0.717, 1.165) is 5.56 Å². The Bertz CT molecular complexity index is 640. The highest BCUT2D eigenvalue weighted by atomic mass is 35.5. The van der Waals surface area contributed by atoms with Crippen molar-refractivity contribution in [2.45, 2.75) is 13.0 Å². The fraction of sp³-hybridized carbons (Fsp3) is 0.278. The largest absolute Gasteiger partial charge is 0.492 e. The average molecular weight is 353 g/mol. The van der Waals surface area contributed by atoms with Crippen LogP contribution in [0.3, 0.4) is 0 Å². The summed E-state index contributed by atoms with van der Waals surface area (Å²) in [5.41, 5.74) is 7.04. The molecule has 0 aliphatic heterocycles. The lowest BCUT2D eigenvalue weighted by Crippen LogP contribution is -2.37. The van der Waals surface area contributed by atoms with Gasteiger partial charge in [0.15, 0.2) is 0 Å². The van der Waals surface area contributed by atoms with E-state index in [9.17, 15) is 9.18 Å². The van der Waals surface area contributed by atoms with Crippen LogP contribution < -0.4 is 15.8 Å². The predicted molar refractivity (Wildman–Crippen MR) is 94.7 cm³/mol. The summed E-state index contributed by atoms with van der Waals surface area (Å²) in [6.45, 7) is 2.39. The minimum absolute atomic E-state index is 0. The SMILES string of the molecule is CC(C(=O)NCCOc1cccc(F)c1)C(N)c1ccccc1.Cl. The molecule has 0 saturated heterocycles. The van der Waals surface area contributed by atoms with Gasteiger partial charge in [0.2, 0.25) is 5.91 Å². The molecule has 1 amide bonds. The summed E-state index contributed by atoms with van der Waals surface area (Å²) in [7, 11) is 0. The van der Waals surface area contributed by atoms with Crippen LogP contribution in [0.1, 0.15) is 18.5 Å². The maximum Gasteiger partial charge on any atom is 0.224 e. The third kappa shape index (κ3) is 5.83. The molecule has 2 aromatic carbocycles. The van der Waals surface area contributed by atoms with Gasteiger partial charge in [0.25, 0.3) is 0 Å². The van der Waals surface area contributed by atoms with Gasteiger partial charge in [-0.05, 0) is 17.7 Å². The molecule has 2 rings (SSSR count). The number of hydrogen-bond acceptors (Lipinski definition) is 3. The summed E-state index contributed by atoms with van der Waals surface area (Å²) >= 11 is 0. The Balaban J connectivity index is 0.00000288. The van der Waals surface area contributed by atoms with Crippen molar-refractivity contribution in [1.29, 1.82) is 0 Å². The molecule has 0 aromatic heterocycles. The Morgan fingerprint density at radius 1 is 1.21 bits per heavy atom. The highest BCUT2D eigenvalue weighted by molar-refractivity contribution is 5.85. The summed E-state index contributed by atoms with van der Waals surface area (Å²) in [6, 6.07) is 15.0. The number of rotatable bonds is 7. The van der Waals surface area contributed by atoms with Crippen molar-refractivity contribution < 1.29 is 13.9 Å². The molecule has 0 spiro atoms. The van der Waals surface area contributed by atoms with Crippen LogP contribution in [0.4, 0.5) is 4.39 Å². The van der Waals surface area contributed by atoms with Gasteiger partial charge in [0.1, 0.15) is 18.2 Å². The number of carbonyl (C=O) groups is 1. The fourth-order valence-corrected chi connectivity index (χ4v) is 2.19. The Labute approximate surface area is 147 Å². The number of nitrogens with two attached hydrogens (primary N) is 1. The van der Waals surface area contributed by atoms with E-state index in [0.29, 0.717) is 12.3 Å². The zero-order chi connectivity index (χ0) is 16.7. The first kappa shape index (κ1) is 19.9. The van der Waals surface area contributed by atoms with Crippen molar-refractivity contribution in [3.05, 3.63) is 66.0 Å². The van der Waals surface area contributed by atoms with E-state index >= 15 is 0 Å². The lowest BCUT2D eigenvalue weighted by molar-refractivity contribution is -0.125. The highest BCUT2D eigenvalue weighted by Crippen LogP contribution is 2.19. The van der Waals surface area contributed by atoms with Crippen molar-refractivity contribution in [2.24, 2.45) is 11.7 Å². The predicted octanol–water partition coefficient (Wildman–Crippen LogP) is 3.08. The van der Waals surface area contributed by atoms with Gasteiger partial charge in [-0.25, -0.2) is 4.39 Å². The molecule has 2 unspecified atom stereocenters. The van der Waals surface area contributed by atoms with E-state index in [1.54, 1.807) is 19.1 Å².